The predicted octanol–water partition coefficient (Wildman–Crippen LogP) is 5.29. The lowest BCUT2D eigenvalue weighted by Gasteiger charge is -2.15. The number of anilines is 1. The second kappa shape index (κ2) is 6.69. The van der Waals surface area contributed by atoms with Gasteiger partial charge in [-0.1, -0.05) is 49.0 Å². The molecule has 4 aromatic rings. The molecule has 0 aliphatic heterocycles. The van der Waals surface area contributed by atoms with E-state index in [-0.39, 0.29) is 5.91 Å². The molecule has 26 heavy (non-hydrogen) atoms. The van der Waals surface area contributed by atoms with Crippen molar-refractivity contribution >= 4 is 22.5 Å². The van der Waals surface area contributed by atoms with E-state index in [1.807, 2.05) is 60.7 Å². The zero-order chi connectivity index (χ0) is 17.9. The molecule has 0 atom stereocenters. The Morgan fingerprint density at radius 3 is 2.50 bits per heavy atom. The van der Waals surface area contributed by atoms with Crippen molar-refractivity contribution in [3.8, 4) is 22.5 Å². The van der Waals surface area contributed by atoms with Crippen LogP contribution in [0, 0.1) is 0 Å². The molecule has 0 aliphatic rings. The van der Waals surface area contributed by atoms with E-state index in [0.717, 1.165) is 33.4 Å². The van der Waals surface area contributed by atoms with Gasteiger partial charge < -0.3 is 9.73 Å². The summed E-state index contributed by atoms with van der Waals surface area (Å²) in [5.74, 6) is 0.493. The number of amides is 1. The Kier molecular flexibility index (Phi) is 4.07. The normalized spacial score (nSPS) is 10.6. The lowest BCUT2D eigenvalue weighted by molar-refractivity contribution is -0.111. The summed E-state index contributed by atoms with van der Waals surface area (Å²) in [6, 6.07) is 19.4. The summed E-state index contributed by atoms with van der Waals surface area (Å²) < 4.78 is 5.59. The summed E-state index contributed by atoms with van der Waals surface area (Å²) in [5, 5.41) is 3.82. The fraction of sp³-hybridized carbons (Fsp3) is 0. The molecule has 126 valence electrons. The van der Waals surface area contributed by atoms with Crippen LogP contribution < -0.4 is 5.32 Å². The maximum atomic E-state index is 12.1. The van der Waals surface area contributed by atoms with Crippen molar-refractivity contribution in [1.29, 1.82) is 0 Å². The number of para-hydroxylation sites is 1. The van der Waals surface area contributed by atoms with Gasteiger partial charge in [0.05, 0.1) is 17.5 Å². The van der Waals surface area contributed by atoms with Crippen LogP contribution in [-0.2, 0) is 4.79 Å². The summed E-state index contributed by atoms with van der Waals surface area (Å²) in [6.45, 7) is 3.55. The molecule has 4 rings (SSSR count). The molecule has 4 nitrogen and oxygen atoms in total. The van der Waals surface area contributed by atoms with Gasteiger partial charge in [0.2, 0.25) is 5.91 Å². The van der Waals surface area contributed by atoms with Gasteiger partial charge in [-0.15, -0.1) is 0 Å². The van der Waals surface area contributed by atoms with Crippen LogP contribution in [0.25, 0.3) is 33.4 Å². The first-order valence-corrected chi connectivity index (χ1v) is 8.22. The minimum atomic E-state index is -0.266. The van der Waals surface area contributed by atoms with Gasteiger partial charge in [0.15, 0.2) is 0 Å². The summed E-state index contributed by atoms with van der Waals surface area (Å²) in [7, 11) is 0. The molecule has 0 bridgehead atoms. The molecular formula is C22H16N2O2. The van der Waals surface area contributed by atoms with Crippen molar-refractivity contribution in [3.63, 3.8) is 0 Å². The van der Waals surface area contributed by atoms with Crippen LogP contribution in [0.3, 0.4) is 0 Å². The number of benzene rings is 2. The Labute approximate surface area is 150 Å². The summed E-state index contributed by atoms with van der Waals surface area (Å²) in [5.41, 5.74) is 4.21. The molecule has 2 aromatic carbocycles. The lowest BCUT2D eigenvalue weighted by atomic mass is 9.96. The monoisotopic (exact) mass is 340 g/mol. The van der Waals surface area contributed by atoms with E-state index >= 15 is 0 Å². The second-order valence-corrected chi connectivity index (χ2v) is 5.78. The zero-order valence-electron chi connectivity index (χ0n) is 14.0. The average Bonchev–Trinajstić information content (AvgIpc) is 3.23. The lowest BCUT2D eigenvalue weighted by Crippen LogP contribution is -2.09. The van der Waals surface area contributed by atoms with Crippen LogP contribution in [0.1, 0.15) is 0 Å². The molecule has 0 spiro atoms. The smallest absolute Gasteiger partial charge is 0.247 e. The average molecular weight is 340 g/mol. The Morgan fingerprint density at radius 1 is 0.962 bits per heavy atom. The summed E-state index contributed by atoms with van der Waals surface area (Å²) in [6.07, 6.45) is 4.69. The second-order valence-electron chi connectivity index (χ2n) is 5.78. The topological polar surface area (TPSA) is 55.1 Å². The first-order chi connectivity index (χ1) is 12.8. The number of rotatable bonds is 4. The fourth-order valence-electron chi connectivity index (χ4n) is 3.02. The van der Waals surface area contributed by atoms with E-state index in [0.29, 0.717) is 5.69 Å². The van der Waals surface area contributed by atoms with Gasteiger partial charge in [-0.2, -0.15) is 0 Å². The molecule has 1 amide bonds. The number of hydrogen-bond donors (Lipinski definition) is 1. The molecular weight excluding hydrogens is 324 g/mol. The Hall–Kier alpha value is -3.66. The van der Waals surface area contributed by atoms with E-state index < -0.39 is 0 Å². The quantitative estimate of drug-likeness (QED) is 0.514. The van der Waals surface area contributed by atoms with E-state index in [1.54, 1.807) is 12.5 Å². The molecule has 0 saturated carbocycles. The predicted molar refractivity (Wildman–Crippen MR) is 104 cm³/mol. The number of hydrogen-bond acceptors (Lipinski definition) is 3. The summed E-state index contributed by atoms with van der Waals surface area (Å²) >= 11 is 0. The number of nitrogens with one attached hydrogen (secondary N) is 1. The number of carbonyl (C=O) groups excluding carboxylic acids is 1. The minimum Gasteiger partial charge on any atom is -0.464 e. The van der Waals surface area contributed by atoms with Crippen LogP contribution in [0.2, 0.25) is 0 Å². The van der Waals surface area contributed by atoms with Crippen molar-refractivity contribution < 1.29 is 9.21 Å². The third-order valence-corrected chi connectivity index (χ3v) is 4.21. The van der Waals surface area contributed by atoms with E-state index in [9.17, 15) is 4.79 Å². The standard InChI is InChI=1S/C22H16N2O2/c1-2-21(25)24-22-17-10-5-6-11-19(17)23-14-18(22)15-8-3-4-9-16(15)20-12-7-13-26-20/h2-14H,1H2,(H,23,24,25). The minimum absolute atomic E-state index is 0.266. The Balaban J connectivity index is 1.99. The number of nitrogens with zero attached hydrogens (tertiary/aromatic N) is 1. The Bertz CT molecular complexity index is 1100. The number of carbonyl (C=O) groups is 1. The van der Waals surface area contributed by atoms with Gasteiger partial charge >= 0.3 is 0 Å². The van der Waals surface area contributed by atoms with Crippen molar-refractivity contribution in [2.75, 3.05) is 5.32 Å². The zero-order valence-corrected chi connectivity index (χ0v) is 14.0. The van der Waals surface area contributed by atoms with Crippen LogP contribution >= 0.6 is 0 Å². The van der Waals surface area contributed by atoms with Gasteiger partial charge in [-0.3, -0.25) is 9.78 Å². The highest BCUT2D eigenvalue weighted by molar-refractivity contribution is 6.10. The van der Waals surface area contributed by atoms with Crippen LogP contribution in [0.5, 0.6) is 0 Å². The molecule has 4 heteroatoms. The van der Waals surface area contributed by atoms with E-state index in [4.69, 9.17) is 4.42 Å². The highest BCUT2D eigenvalue weighted by Crippen LogP contribution is 2.39. The molecule has 0 unspecified atom stereocenters. The molecule has 0 fully saturated rings. The van der Waals surface area contributed by atoms with Crippen molar-refractivity contribution in [2.24, 2.45) is 0 Å². The molecule has 2 heterocycles. The molecule has 0 radical (unpaired) electrons. The maximum Gasteiger partial charge on any atom is 0.247 e. The highest BCUT2D eigenvalue weighted by atomic mass is 16.3. The van der Waals surface area contributed by atoms with Crippen LogP contribution in [0.15, 0.2) is 90.2 Å². The number of fused-ring (bicyclic) bond motifs is 1. The fourth-order valence-corrected chi connectivity index (χ4v) is 3.02. The first kappa shape index (κ1) is 15.8. The van der Waals surface area contributed by atoms with Gasteiger partial charge in [-0.25, -0.2) is 0 Å². The SMILES string of the molecule is C=CC(=O)Nc1c(-c2ccccc2-c2ccco2)cnc2ccccc12. The van der Waals surface area contributed by atoms with E-state index in [2.05, 4.69) is 16.9 Å². The van der Waals surface area contributed by atoms with Crippen molar-refractivity contribution in [1.82, 2.24) is 4.98 Å². The summed E-state index contributed by atoms with van der Waals surface area (Å²) in [4.78, 5) is 16.6. The van der Waals surface area contributed by atoms with Crippen LogP contribution in [0.4, 0.5) is 5.69 Å². The largest absolute Gasteiger partial charge is 0.464 e. The maximum absolute atomic E-state index is 12.1. The third-order valence-electron chi connectivity index (χ3n) is 4.21. The molecule has 0 aliphatic carbocycles. The molecule has 1 N–H and O–H groups in total. The molecule has 0 saturated heterocycles. The third kappa shape index (κ3) is 2.78. The van der Waals surface area contributed by atoms with Gasteiger partial charge in [0, 0.05) is 22.7 Å². The number of furan rings is 1. The van der Waals surface area contributed by atoms with Gasteiger partial charge in [0.1, 0.15) is 5.76 Å². The Morgan fingerprint density at radius 2 is 1.73 bits per heavy atom. The van der Waals surface area contributed by atoms with E-state index in [1.165, 1.54) is 6.08 Å². The number of pyridine rings is 1. The van der Waals surface area contributed by atoms with Crippen LogP contribution in [-0.4, -0.2) is 10.9 Å². The van der Waals surface area contributed by atoms with Crippen molar-refractivity contribution in [2.45, 2.75) is 0 Å². The highest BCUT2D eigenvalue weighted by Gasteiger charge is 2.16. The van der Waals surface area contributed by atoms with Gasteiger partial charge in [0.25, 0.3) is 0 Å². The number of aromatic nitrogens is 1. The van der Waals surface area contributed by atoms with Gasteiger partial charge in [-0.05, 0) is 29.8 Å². The first-order valence-electron chi connectivity index (χ1n) is 8.22. The van der Waals surface area contributed by atoms with Crippen molar-refractivity contribution in [3.05, 3.63) is 85.8 Å². The molecule has 2 aromatic heterocycles.